The molecule has 2 rings (SSSR count). The number of benzene rings is 2. The fraction of sp³-hybridized carbons (Fsp3) is 0.222. The van der Waals surface area contributed by atoms with Gasteiger partial charge < -0.3 is 9.90 Å². The molecule has 0 aliphatic carbocycles. The van der Waals surface area contributed by atoms with Gasteiger partial charge in [0.15, 0.2) is 0 Å². The summed E-state index contributed by atoms with van der Waals surface area (Å²) in [4.78, 5) is 11.4. The van der Waals surface area contributed by atoms with Crippen molar-refractivity contribution in [3.05, 3.63) is 60.7 Å². The molecule has 0 aliphatic heterocycles. The highest BCUT2D eigenvalue weighted by molar-refractivity contribution is 6.96. The minimum absolute atomic E-state index is 0.480. The summed E-state index contributed by atoms with van der Waals surface area (Å²) in [6, 6.07) is 20.1. The van der Waals surface area contributed by atoms with Crippen LogP contribution < -0.4 is 10.4 Å². The molecule has 108 valence electrons. The summed E-state index contributed by atoms with van der Waals surface area (Å²) < 4.78 is 0. The SMILES string of the molecule is CC#CC(O)CC[Si](O)(c1ccccc1)c1ccccc1. The minimum atomic E-state index is -2.82. The average Bonchev–Trinajstić information content (AvgIpc) is 2.54. The minimum Gasteiger partial charge on any atom is -0.424 e. The Morgan fingerprint density at radius 3 is 1.86 bits per heavy atom. The smallest absolute Gasteiger partial charge is 0.252 e. The van der Waals surface area contributed by atoms with Gasteiger partial charge in [-0.05, 0) is 29.8 Å². The van der Waals surface area contributed by atoms with Crippen LogP contribution in [0.2, 0.25) is 6.04 Å². The second kappa shape index (κ2) is 7.23. The molecular weight excluding hydrogens is 276 g/mol. The highest BCUT2D eigenvalue weighted by Crippen LogP contribution is 2.12. The lowest BCUT2D eigenvalue weighted by atomic mass is 10.3. The Bertz CT molecular complexity index is 574. The first kappa shape index (κ1) is 15.5. The van der Waals surface area contributed by atoms with Gasteiger partial charge in [0.05, 0.1) is 0 Å². The maximum absolute atomic E-state index is 11.4. The average molecular weight is 296 g/mol. The van der Waals surface area contributed by atoms with Crippen LogP contribution in [0.1, 0.15) is 13.3 Å². The van der Waals surface area contributed by atoms with Crippen molar-refractivity contribution >= 4 is 18.7 Å². The summed E-state index contributed by atoms with van der Waals surface area (Å²) >= 11 is 0. The van der Waals surface area contributed by atoms with Crippen molar-refractivity contribution in [2.24, 2.45) is 0 Å². The van der Waals surface area contributed by atoms with Gasteiger partial charge in [-0.15, -0.1) is 5.92 Å². The zero-order valence-electron chi connectivity index (χ0n) is 12.2. The van der Waals surface area contributed by atoms with Gasteiger partial charge in [0.25, 0.3) is 8.32 Å². The van der Waals surface area contributed by atoms with Crippen molar-refractivity contribution < 1.29 is 9.90 Å². The lowest BCUT2D eigenvalue weighted by Crippen LogP contribution is -2.58. The van der Waals surface area contributed by atoms with Crippen molar-refractivity contribution in [2.45, 2.75) is 25.5 Å². The number of hydrogen-bond acceptors (Lipinski definition) is 2. The van der Waals surface area contributed by atoms with Gasteiger partial charge in [-0.1, -0.05) is 66.6 Å². The topological polar surface area (TPSA) is 40.5 Å². The highest BCUT2D eigenvalue weighted by Gasteiger charge is 2.35. The van der Waals surface area contributed by atoms with E-state index in [4.69, 9.17) is 0 Å². The molecule has 2 aromatic rings. The predicted molar refractivity (Wildman–Crippen MR) is 89.0 cm³/mol. The van der Waals surface area contributed by atoms with Crippen molar-refractivity contribution in [1.29, 1.82) is 0 Å². The summed E-state index contributed by atoms with van der Waals surface area (Å²) in [5.74, 6) is 5.45. The van der Waals surface area contributed by atoms with Crippen LogP contribution in [0.3, 0.4) is 0 Å². The van der Waals surface area contributed by atoms with E-state index in [1.165, 1.54) is 0 Å². The second-order valence-corrected chi connectivity index (χ2v) is 8.42. The van der Waals surface area contributed by atoms with Crippen LogP contribution in [0.15, 0.2) is 60.7 Å². The van der Waals surface area contributed by atoms with Crippen LogP contribution in [-0.2, 0) is 0 Å². The van der Waals surface area contributed by atoms with E-state index >= 15 is 0 Å². The molecule has 0 bridgehead atoms. The van der Waals surface area contributed by atoms with Crippen LogP contribution in [0.5, 0.6) is 0 Å². The van der Waals surface area contributed by atoms with Gasteiger partial charge in [-0.25, -0.2) is 0 Å². The van der Waals surface area contributed by atoms with E-state index in [-0.39, 0.29) is 0 Å². The molecule has 0 fully saturated rings. The Kier molecular flexibility index (Phi) is 5.35. The molecule has 0 aromatic heterocycles. The van der Waals surface area contributed by atoms with Gasteiger partial charge in [0.1, 0.15) is 6.10 Å². The number of hydrogen-bond donors (Lipinski definition) is 2. The lowest BCUT2D eigenvalue weighted by Gasteiger charge is -2.26. The van der Waals surface area contributed by atoms with Crippen molar-refractivity contribution in [3.63, 3.8) is 0 Å². The molecule has 3 heteroatoms. The normalized spacial score (nSPS) is 12.3. The molecule has 2 aromatic carbocycles. The summed E-state index contributed by atoms with van der Waals surface area (Å²) in [6.45, 7) is 1.71. The fourth-order valence-corrected chi connectivity index (χ4v) is 5.56. The van der Waals surface area contributed by atoms with E-state index in [2.05, 4.69) is 11.8 Å². The largest absolute Gasteiger partial charge is 0.424 e. The molecule has 0 aliphatic rings. The summed E-state index contributed by atoms with van der Waals surface area (Å²) in [5, 5.41) is 11.8. The van der Waals surface area contributed by atoms with Crippen molar-refractivity contribution in [3.8, 4) is 11.8 Å². The number of aliphatic hydroxyl groups excluding tert-OH is 1. The van der Waals surface area contributed by atoms with E-state index in [0.717, 1.165) is 10.4 Å². The zero-order chi connectivity index (χ0) is 15.1. The van der Waals surface area contributed by atoms with E-state index in [9.17, 15) is 9.90 Å². The van der Waals surface area contributed by atoms with Gasteiger partial charge in [-0.2, -0.15) is 0 Å². The fourth-order valence-electron chi connectivity index (χ4n) is 2.47. The van der Waals surface area contributed by atoms with Crippen molar-refractivity contribution in [1.82, 2.24) is 0 Å². The molecule has 0 saturated heterocycles. The quantitative estimate of drug-likeness (QED) is 0.649. The Morgan fingerprint density at radius 1 is 0.952 bits per heavy atom. The molecule has 0 heterocycles. The van der Waals surface area contributed by atoms with Crippen LogP contribution in [0, 0.1) is 11.8 Å². The number of rotatable bonds is 5. The van der Waals surface area contributed by atoms with E-state index in [1.54, 1.807) is 6.92 Å². The van der Waals surface area contributed by atoms with Gasteiger partial charge in [0, 0.05) is 0 Å². The molecule has 2 nitrogen and oxygen atoms in total. The molecule has 0 radical (unpaired) electrons. The third kappa shape index (κ3) is 3.83. The van der Waals surface area contributed by atoms with Gasteiger partial charge in [0.2, 0.25) is 0 Å². The van der Waals surface area contributed by atoms with E-state index in [0.29, 0.717) is 12.5 Å². The second-order valence-electron chi connectivity index (χ2n) is 5.04. The molecule has 1 atom stereocenters. The Labute approximate surface area is 127 Å². The maximum atomic E-state index is 11.4. The number of aliphatic hydroxyl groups is 1. The third-order valence-electron chi connectivity index (χ3n) is 3.59. The summed E-state index contributed by atoms with van der Waals surface area (Å²) in [5.41, 5.74) is 0. The standard InChI is InChI=1S/C18H20O2Si/c1-2-9-16(19)14-15-21(20,17-10-5-3-6-11-17)18-12-7-4-8-13-18/h3-8,10-13,16,19-20H,14-15H2,1H3. The monoisotopic (exact) mass is 296 g/mol. The van der Waals surface area contributed by atoms with E-state index < -0.39 is 14.4 Å². The third-order valence-corrected chi connectivity index (χ3v) is 7.18. The molecule has 21 heavy (non-hydrogen) atoms. The Hall–Kier alpha value is -1.86. The lowest BCUT2D eigenvalue weighted by molar-refractivity contribution is 0.227. The van der Waals surface area contributed by atoms with Crippen molar-refractivity contribution in [2.75, 3.05) is 0 Å². The van der Waals surface area contributed by atoms with Crippen LogP contribution in [0.4, 0.5) is 0 Å². The maximum Gasteiger partial charge on any atom is 0.252 e. The Balaban J connectivity index is 2.33. The first-order chi connectivity index (χ1) is 10.2. The van der Waals surface area contributed by atoms with Crippen LogP contribution in [-0.4, -0.2) is 24.3 Å². The van der Waals surface area contributed by atoms with E-state index in [1.807, 2.05) is 60.7 Å². The Morgan fingerprint density at radius 2 is 1.43 bits per heavy atom. The molecule has 2 N–H and O–H groups in total. The summed E-state index contributed by atoms with van der Waals surface area (Å²) in [7, 11) is -2.82. The molecule has 0 saturated carbocycles. The predicted octanol–water partition coefficient (Wildman–Crippen LogP) is 1.51. The zero-order valence-corrected chi connectivity index (χ0v) is 13.2. The first-order valence-electron chi connectivity index (χ1n) is 7.10. The summed E-state index contributed by atoms with van der Waals surface area (Å²) in [6.07, 6.45) is -0.200. The first-order valence-corrected chi connectivity index (χ1v) is 9.26. The van der Waals surface area contributed by atoms with Gasteiger partial charge in [-0.3, -0.25) is 0 Å². The molecular formula is C18H20O2Si. The van der Waals surface area contributed by atoms with Crippen LogP contribution in [0.25, 0.3) is 0 Å². The highest BCUT2D eigenvalue weighted by atomic mass is 28.4. The molecule has 0 spiro atoms. The molecule has 0 amide bonds. The van der Waals surface area contributed by atoms with Crippen LogP contribution >= 0.6 is 0 Å². The molecule has 1 unspecified atom stereocenters. The van der Waals surface area contributed by atoms with Gasteiger partial charge >= 0.3 is 0 Å².